The van der Waals surface area contributed by atoms with Crippen molar-refractivity contribution < 1.29 is 4.79 Å². The Hall–Kier alpha value is -1.89. The van der Waals surface area contributed by atoms with Crippen molar-refractivity contribution in [3.8, 4) is 0 Å². The zero-order valence-corrected chi connectivity index (χ0v) is 14.7. The molecule has 5 heteroatoms. The Morgan fingerprint density at radius 1 is 1.17 bits per heavy atom. The maximum absolute atomic E-state index is 12.8. The summed E-state index contributed by atoms with van der Waals surface area (Å²) >= 11 is 2.25. The molecular weight excluding hydrogens is 401 g/mol. The average Bonchev–Trinajstić information content (AvgIpc) is 3.21. The highest BCUT2D eigenvalue weighted by atomic mass is 127. The summed E-state index contributed by atoms with van der Waals surface area (Å²) in [7, 11) is 0. The first-order valence-corrected chi connectivity index (χ1v) is 8.81. The van der Waals surface area contributed by atoms with Crippen LogP contribution in [0.2, 0.25) is 0 Å². The highest BCUT2D eigenvalue weighted by molar-refractivity contribution is 14.1. The van der Waals surface area contributed by atoms with Crippen molar-refractivity contribution in [2.75, 3.05) is 6.54 Å². The molecule has 0 unspecified atom stereocenters. The van der Waals surface area contributed by atoms with Crippen LogP contribution in [0, 0.1) is 3.57 Å². The molecule has 1 atom stereocenters. The largest absolute Gasteiger partial charge is 0.340 e. The Morgan fingerprint density at radius 2 is 1.96 bits per heavy atom. The monoisotopic (exact) mass is 417 g/mol. The van der Waals surface area contributed by atoms with Crippen molar-refractivity contribution in [1.29, 1.82) is 0 Å². The van der Waals surface area contributed by atoms with E-state index in [1.807, 2.05) is 53.4 Å². The zero-order valence-electron chi connectivity index (χ0n) is 12.5. The van der Waals surface area contributed by atoms with Crippen LogP contribution >= 0.6 is 22.6 Å². The second-order valence-electron chi connectivity index (χ2n) is 5.80. The van der Waals surface area contributed by atoms with E-state index >= 15 is 0 Å². The molecule has 1 aliphatic rings. The maximum Gasteiger partial charge on any atom is 0.254 e. The van der Waals surface area contributed by atoms with Crippen LogP contribution in [0.1, 0.15) is 35.1 Å². The Labute approximate surface area is 148 Å². The number of hydrogen-bond acceptors (Lipinski definition) is 2. The average molecular weight is 417 g/mol. The minimum Gasteiger partial charge on any atom is -0.340 e. The number of nitrogens with zero attached hydrogens (tertiary/aromatic N) is 2. The van der Waals surface area contributed by atoms with Crippen molar-refractivity contribution >= 4 is 39.5 Å². The molecule has 0 aliphatic carbocycles. The standard InChI is InChI=1S/C18H16IN3O/c19-13-9-7-12(8-10-13)18(23)22-11-3-6-16(22)17-20-14-4-1-2-5-15(14)21-17/h1-2,4-5,7-10,16H,3,6,11H2,(H,20,21)/t16-/m0/s1. The maximum atomic E-state index is 12.8. The number of fused-ring (bicyclic) bond motifs is 1. The number of likely N-dealkylation sites (tertiary alicyclic amines) is 1. The summed E-state index contributed by atoms with van der Waals surface area (Å²) in [6, 6.07) is 15.8. The SMILES string of the molecule is O=C(c1ccc(I)cc1)N1CCC[C@H]1c1nc2ccccc2[nH]1. The molecule has 1 N–H and O–H groups in total. The van der Waals surface area contributed by atoms with Gasteiger partial charge in [-0.15, -0.1) is 0 Å². The molecule has 4 rings (SSSR count). The van der Waals surface area contributed by atoms with E-state index in [9.17, 15) is 4.79 Å². The number of benzene rings is 2. The Balaban J connectivity index is 1.65. The van der Waals surface area contributed by atoms with Crippen LogP contribution in [-0.2, 0) is 0 Å². The fourth-order valence-corrected chi connectivity index (χ4v) is 3.54. The van der Waals surface area contributed by atoms with Crippen molar-refractivity contribution in [2.45, 2.75) is 18.9 Å². The molecule has 4 nitrogen and oxygen atoms in total. The topological polar surface area (TPSA) is 49.0 Å². The number of carbonyl (C=O) groups excluding carboxylic acids is 1. The van der Waals surface area contributed by atoms with Gasteiger partial charge in [0.25, 0.3) is 5.91 Å². The highest BCUT2D eigenvalue weighted by Gasteiger charge is 2.32. The van der Waals surface area contributed by atoms with Crippen molar-refractivity contribution in [3.05, 3.63) is 63.5 Å². The number of rotatable bonds is 2. The number of nitrogens with one attached hydrogen (secondary N) is 1. The summed E-state index contributed by atoms with van der Waals surface area (Å²) < 4.78 is 1.13. The van der Waals surface area contributed by atoms with E-state index in [4.69, 9.17) is 0 Å². The number of amides is 1. The van der Waals surface area contributed by atoms with Gasteiger partial charge in [0.15, 0.2) is 0 Å². The van der Waals surface area contributed by atoms with Crippen LogP contribution in [0.15, 0.2) is 48.5 Å². The van der Waals surface area contributed by atoms with Gasteiger partial charge in [-0.2, -0.15) is 0 Å². The van der Waals surface area contributed by atoms with Crippen LogP contribution in [0.5, 0.6) is 0 Å². The highest BCUT2D eigenvalue weighted by Crippen LogP contribution is 2.32. The molecule has 0 radical (unpaired) electrons. The first kappa shape index (κ1) is 14.7. The summed E-state index contributed by atoms with van der Waals surface area (Å²) in [6.07, 6.45) is 1.97. The van der Waals surface area contributed by atoms with Gasteiger partial charge in [-0.3, -0.25) is 4.79 Å². The van der Waals surface area contributed by atoms with E-state index in [2.05, 4.69) is 32.6 Å². The molecule has 1 amide bonds. The normalized spacial score (nSPS) is 17.8. The van der Waals surface area contributed by atoms with Crippen LogP contribution in [0.25, 0.3) is 11.0 Å². The molecule has 3 aromatic rings. The minimum absolute atomic E-state index is 0.0363. The fourth-order valence-electron chi connectivity index (χ4n) is 3.18. The number of H-pyrrole nitrogens is 1. The van der Waals surface area contributed by atoms with Crippen molar-refractivity contribution in [3.63, 3.8) is 0 Å². The molecule has 1 aromatic heterocycles. The molecule has 1 aliphatic heterocycles. The molecule has 2 heterocycles. The Kier molecular flexibility index (Phi) is 3.80. The number of imidazole rings is 1. The summed E-state index contributed by atoms with van der Waals surface area (Å²) in [5, 5.41) is 0. The Morgan fingerprint density at radius 3 is 2.74 bits per heavy atom. The summed E-state index contributed by atoms with van der Waals surface area (Å²) in [4.78, 5) is 22.8. The lowest BCUT2D eigenvalue weighted by Gasteiger charge is -2.23. The predicted molar refractivity (Wildman–Crippen MR) is 98.3 cm³/mol. The molecule has 1 fully saturated rings. The van der Waals surface area contributed by atoms with E-state index < -0.39 is 0 Å². The van der Waals surface area contributed by atoms with Crippen LogP contribution in [0.4, 0.5) is 0 Å². The molecular formula is C18H16IN3O. The van der Waals surface area contributed by atoms with Crippen LogP contribution in [-0.4, -0.2) is 27.3 Å². The fraction of sp³-hybridized carbons (Fsp3) is 0.222. The number of para-hydroxylation sites is 2. The number of aromatic amines is 1. The smallest absolute Gasteiger partial charge is 0.254 e. The van der Waals surface area contributed by atoms with Gasteiger partial charge in [-0.05, 0) is 71.8 Å². The van der Waals surface area contributed by atoms with Gasteiger partial charge in [-0.1, -0.05) is 12.1 Å². The molecule has 23 heavy (non-hydrogen) atoms. The third-order valence-electron chi connectivity index (χ3n) is 4.33. The lowest BCUT2D eigenvalue weighted by atomic mass is 10.1. The number of halogens is 1. The Bertz CT molecular complexity index is 823. The number of hydrogen-bond donors (Lipinski definition) is 1. The quantitative estimate of drug-likeness (QED) is 0.638. The zero-order chi connectivity index (χ0) is 15.8. The first-order chi connectivity index (χ1) is 11.2. The molecule has 0 saturated carbocycles. The van der Waals surface area contributed by atoms with E-state index in [1.54, 1.807) is 0 Å². The second kappa shape index (κ2) is 5.96. The van der Waals surface area contributed by atoms with Gasteiger partial charge < -0.3 is 9.88 Å². The second-order valence-corrected chi connectivity index (χ2v) is 7.05. The van der Waals surface area contributed by atoms with E-state index in [0.717, 1.165) is 45.4 Å². The minimum atomic E-state index is 0.0363. The number of aromatic nitrogens is 2. The van der Waals surface area contributed by atoms with E-state index in [-0.39, 0.29) is 11.9 Å². The van der Waals surface area contributed by atoms with Gasteiger partial charge in [0.1, 0.15) is 5.82 Å². The summed E-state index contributed by atoms with van der Waals surface area (Å²) in [6.45, 7) is 0.784. The van der Waals surface area contributed by atoms with Crippen molar-refractivity contribution in [1.82, 2.24) is 14.9 Å². The van der Waals surface area contributed by atoms with Gasteiger partial charge in [-0.25, -0.2) is 4.98 Å². The summed E-state index contributed by atoms with van der Waals surface area (Å²) in [5.41, 5.74) is 2.72. The molecule has 1 saturated heterocycles. The van der Waals surface area contributed by atoms with Crippen LogP contribution in [0.3, 0.4) is 0 Å². The van der Waals surface area contributed by atoms with Gasteiger partial charge in [0, 0.05) is 15.7 Å². The molecule has 0 spiro atoms. The van der Waals surface area contributed by atoms with Crippen LogP contribution < -0.4 is 0 Å². The molecule has 0 bridgehead atoms. The van der Waals surface area contributed by atoms with E-state index in [1.165, 1.54) is 0 Å². The van der Waals surface area contributed by atoms with Crippen molar-refractivity contribution in [2.24, 2.45) is 0 Å². The molecule has 116 valence electrons. The van der Waals surface area contributed by atoms with Gasteiger partial charge in [0.2, 0.25) is 0 Å². The third-order valence-corrected chi connectivity index (χ3v) is 5.05. The summed E-state index contributed by atoms with van der Waals surface area (Å²) in [5.74, 6) is 0.979. The van der Waals surface area contributed by atoms with Gasteiger partial charge >= 0.3 is 0 Å². The lowest BCUT2D eigenvalue weighted by molar-refractivity contribution is 0.0730. The lowest BCUT2D eigenvalue weighted by Crippen LogP contribution is -2.31. The first-order valence-electron chi connectivity index (χ1n) is 7.73. The van der Waals surface area contributed by atoms with Gasteiger partial charge in [0.05, 0.1) is 17.1 Å². The number of carbonyl (C=O) groups is 1. The predicted octanol–water partition coefficient (Wildman–Crippen LogP) is 4.14. The molecule has 2 aromatic carbocycles. The van der Waals surface area contributed by atoms with E-state index in [0.29, 0.717) is 0 Å². The third kappa shape index (κ3) is 2.73.